The highest BCUT2D eigenvalue weighted by atomic mass is 16.4. The molecule has 9 heteroatoms. The number of carbonyl (C=O) groups is 1. The Labute approximate surface area is 173 Å². The Balaban J connectivity index is 1.41. The average molecular weight is 410 g/mol. The number of fused-ring (bicyclic) bond motifs is 3. The van der Waals surface area contributed by atoms with Gasteiger partial charge in [-0.1, -0.05) is 20.8 Å². The van der Waals surface area contributed by atoms with Crippen molar-refractivity contribution in [1.29, 1.82) is 0 Å². The van der Waals surface area contributed by atoms with Crippen LogP contribution in [0.4, 0.5) is 5.82 Å². The number of aryl methyl sites for hydroxylation is 1. The van der Waals surface area contributed by atoms with E-state index in [1.165, 1.54) is 12.5 Å². The molecule has 2 fully saturated rings. The molecule has 158 valence electrons. The molecular formula is C21H26N6O3. The first-order valence-electron chi connectivity index (χ1n) is 10.3. The van der Waals surface area contributed by atoms with Crippen molar-refractivity contribution in [2.45, 2.75) is 45.8 Å². The Bertz CT molecular complexity index is 1170. The number of anilines is 1. The molecular weight excluding hydrogens is 384 g/mol. The van der Waals surface area contributed by atoms with Crippen molar-refractivity contribution >= 4 is 22.9 Å². The molecule has 30 heavy (non-hydrogen) atoms. The normalized spacial score (nSPS) is 21.2. The lowest BCUT2D eigenvalue weighted by molar-refractivity contribution is 0.0685. The molecule has 2 unspecified atom stereocenters. The molecule has 2 aliphatic rings. The summed E-state index contributed by atoms with van der Waals surface area (Å²) in [4.78, 5) is 38.3. The van der Waals surface area contributed by atoms with Crippen molar-refractivity contribution in [3.8, 4) is 0 Å². The van der Waals surface area contributed by atoms with Gasteiger partial charge in [-0.15, -0.1) is 0 Å². The third-order valence-corrected chi connectivity index (χ3v) is 6.01. The highest BCUT2D eigenvalue weighted by Gasteiger charge is 2.46. The van der Waals surface area contributed by atoms with Gasteiger partial charge in [0.25, 0.3) is 5.89 Å². The SMILES string of the molecule is Cn1c(=O)n(CC(C)(C)C)c2ccc(N3CC4CC3CN4C(=O)c3ncco3)nc21. The van der Waals surface area contributed by atoms with E-state index >= 15 is 0 Å². The summed E-state index contributed by atoms with van der Waals surface area (Å²) in [6.07, 6.45) is 3.81. The van der Waals surface area contributed by atoms with Gasteiger partial charge in [-0.05, 0) is 24.0 Å². The zero-order valence-electron chi connectivity index (χ0n) is 17.7. The summed E-state index contributed by atoms with van der Waals surface area (Å²) in [6, 6.07) is 4.29. The number of hydrogen-bond acceptors (Lipinski definition) is 6. The van der Waals surface area contributed by atoms with Gasteiger partial charge in [-0.3, -0.25) is 13.9 Å². The smallest absolute Gasteiger partial charge is 0.330 e. The first kappa shape index (κ1) is 18.9. The molecule has 2 aliphatic heterocycles. The fraction of sp³-hybridized carbons (Fsp3) is 0.524. The largest absolute Gasteiger partial charge is 0.441 e. The van der Waals surface area contributed by atoms with Crippen LogP contribution in [0.5, 0.6) is 0 Å². The first-order chi connectivity index (χ1) is 14.2. The predicted octanol–water partition coefficient (Wildman–Crippen LogP) is 1.87. The molecule has 1 amide bonds. The molecule has 0 radical (unpaired) electrons. The van der Waals surface area contributed by atoms with Gasteiger partial charge < -0.3 is 14.2 Å². The second-order valence-electron chi connectivity index (χ2n) is 9.49. The molecule has 3 aromatic rings. The van der Waals surface area contributed by atoms with Crippen LogP contribution in [0, 0.1) is 5.41 Å². The summed E-state index contributed by atoms with van der Waals surface area (Å²) in [6.45, 7) is 8.32. The number of imidazole rings is 1. The predicted molar refractivity (Wildman–Crippen MR) is 112 cm³/mol. The molecule has 5 rings (SSSR count). The molecule has 0 aliphatic carbocycles. The molecule has 3 aromatic heterocycles. The fourth-order valence-electron chi connectivity index (χ4n) is 4.70. The topological polar surface area (TPSA) is 89.4 Å². The molecule has 0 saturated carbocycles. The molecule has 9 nitrogen and oxygen atoms in total. The summed E-state index contributed by atoms with van der Waals surface area (Å²) >= 11 is 0. The van der Waals surface area contributed by atoms with E-state index in [2.05, 4.69) is 30.7 Å². The molecule has 5 heterocycles. The van der Waals surface area contributed by atoms with Gasteiger partial charge in [0.2, 0.25) is 0 Å². The van der Waals surface area contributed by atoms with Gasteiger partial charge in [0.05, 0.1) is 23.8 Å². The Hall–Kier alpha value is -3.10. The summed E-state index contributed by atoms with van der Waals surface area (Å²) in [7, 11) is 1.77. The maximum absolute atomic E-state index is 12.8. The molecule has 2 saturated heterocycles. The van der Waals surface area contributed by atoms with Crippen LogP contribution in [-0.4, -0.2) is 55.1 Å². The van der Waals surface area contributed by atoms with E-state index in [0.717, 1.165) is 17.8 Å². The van der Waals surface area contributed by atoms with E-state index in [1.54, 1.807) is 16.2 Å². The number of oxazole rings is 1. The van der Waals surface area contributed by atoms with E-state index in [1.807, 2.05) is 17.0 Å². The second kappa shape index (κ2) is 6.45. The Morgan fingerprint density at radius 2 is 2.03 bits per heavy atom. The lowest BCUT2D eigenvalue weighted by Gasteiger charge is -2.34. The highest BCUT2D eigenvalue weighted by Crippen LogP contribution is 2.35. The summed E-state index contributed by atoms with van der Waals surface area (Å²) in [5.74, 6) is 0.836. The quantitative estimate of drug-likeness (QED) is 0.655. The number of rotatable bonds is 3. The Morgan fingerprint density at radius 1 is 1.23 bits per heavy atom. The highest BCUT2D eigenvalue weighted by molar-refractivity contribution is 5.90. The maximum Gasteiger partial charge on any atom is 0.330 e. The van der Waals surface area contributed by atoms with Crippen molar-refractivity contribution in [2.24, 2.45) is 12.5 Å². The van der Waals surface area contributed by atoms with E-state index in [0.29, 0.717) is 25.3 Å². The summed E-state index contributed by atoms with van der Waals surface area (Å²) in [5.41, 5.74) is 1.49. The monoisotopic (exact) mass is 410 g/mol. The van der Waals surface area contributed by atoms with Crippen molar-refractivity contribution in [1.82, 2.24) is 24.0 Å². The number of pyridine rings is 1. The van der Waals surface area contributed by atoms with Crippen molar-refractivity contribution in [3.63, 3.8) is 0 Å². The van der Waals surface area contributed by atoms with E-state index in [4.69, 9.17) is 9.40 Å². The zero-order valence-corrected chi connectivity index (χ0v) is 17.7. The van der Waals surface area contributed by atoms with Gasteiger partial charge >= 0.3 is 11.6 Å². The van der Waals surface area contributed by atoms with Crippen LogP contribution in [0.2, 0.25) is 0 Å². The minimum atomic E-state index is -0.155. The Kier molecular flexibility index (Phi) is 4.06. The first-order valence-corrected chi connectivity index (χ1v) is 10.3. The standard InChI is InChI=1S/C21H26N6O3/c1-21(2,3)12-27-15-5-6-16(23-17(15)24(4)20(27)29)25-10-14-9-13(25)11-26(14)19(28)18-22-7-8-30-18/h5-8,13-14H,9-12H2,1-4H3. The molecule has 0 N–H and O–H groups in total. The number of hydrogen-bond donors (Lipinski definition) is 0. The second-order valence-corrected chi connectivity index (χ2v) is 9.49. The van der Waals surface area contributed by atoms with Crippen LogP contribution in [0.3, 0.4) is 0 Å². The molecule has 0 spiro atoms. The Morgan fingerprint density at radius 3 is 2.67 bits per heavy atom. The van der Waals surface area contributed by atoms with Crippen LogP contribution in [0.25, 0.3) is 11.2 Å². The number of piperazine rings is 1. The van der Waals surface area contributed by atoms with E-state index < -0.39 is 0 Å². The van der Waals surface area contributed by atoms with Crippen molar-refractivity contribution < 1.29 is 9.21 Å². The minimum Gasteiger partial charge on any atom is -0.441 e. The van der Waals surface area contributed by atoms with Crippen molar-refractivity contribution in [3.05, 3.63) is 41.0 Å². The fourth-order valence-corrected chi connectivity index (χ4v) is 4.70. The van der Waals surface area contributed by atoms with E-state index in [-0.39, 0.29) is 35.0 Å². The average Bonchev–Trinajstić information content (AvgIpc) is 3.48. The number of likely N-dealkylation sites (tertiary alicyclic amines) is 1. The summed E-state index contributed by atoms with van der Waals surface area (Å²) < 4.78 is 8.60. The van der Waals surface area contributed by atoms with Crippen LogP contribution in [0.1, 0.15) is 37.9 Å². The minimum absolute atomic E-state index is 0.0102. The van der Waals surface area contributed by atoms with Gasteiger partial charge in [-0.25, -0.2) is 14.8 Å². The lowest BCUT2D eigenvalue weighted by atomic mass is 9.97. The zero-order chi connectivity index (χ0) is 21.2. The van der Waals surface area contributed by atoms with Crippen LogP contribution in [-0.2, 0) is 13.6 Å². The van der Waals surface area contributed by atoms with Gasteiger partial charge in [-0.2, -0.15) is 0 Å². The van der Waals surface area contributed by atoms with Gasteiger partial charge in [0, 0.05) is 26.7 Å². The number of amides is 1. The summed E-state index contributed by atoms with van der Waals surface area (Å²) in [5, 5.41) is 0. The third kappa shape index (κ3) is 2.91. The maximum atomic E-state index is 12.8. The van der Waals surface area contributed by atoms with Gasteiger partial charge in [0.15, 0.2) is 5.65 Å². The number of aromatic nitrogens is 4. The van der Waals surface area contributed by atoms with E-state index in [9.17, 15) is 9.59 Å². The molecule has 0 aromatic carbocycles. The number of carbonyl (C=O) groups excluding carboxylic acids is 1. The molecule has 2 atom stereocenters. The lowest BCUT2D eigenvalue weighted by Crippen LogP contribution is -2.49. The van der Waals surface area contributed by atoms with Crippen molar-refractivity contribution in [2.75, 3.05) is 18.0 Å². The number of nitrogens with zero attached hydrogens (tertiary/aromatic N) is 6. The van der Waals surface area contributed by atoms with Crippen LogP contribution in [0.15, 0.2) is 33.8 Å². The molecule has 2 bridgehead atoms. The third-order valence-electron chi connectivity index (χ3n) is 6.01. The van der Waals surface area contributed by atoms with Crippen LogP contribution < -0.4 is 10.6 Å². The van der Waals surface area contributed by atoms with Crippen LogP contribution >= 0.6 is 0 Å². The van der Waals surface area contributed by atoms with Gasteiger partial charge in [0.1, 0.15) is 12.1 Å².